The minimum Gasteiger partial charge on any atom is -0.481 e. The Bertz CT molecular complexity index is 913. The molecule has 1 N–H and O–H groups in total. The van der Waals surface area contributed by atoms with Crippen LogP contribution < -0.4 is 15.0 Å². The van der Waals surface area contributed by atoms with Crippen molar-refractivity contribution in [3.05, 3.63) is 35.3 Å². The Morgan fingerprint density at radius 2 is 2.15 bits per heavy atom. The first-order chi connectivity index (χ1) is 12.7. The predicted molar refractivity (Wildman–Crippen MR) is 102 cm³/mol. The molecule has 0 unspecified atom stereocenters. The number of piperidine rings is 1. The second kappa shape index (κ2) is 6.95. The number of rotatable bonds is 4. The minimum atomic E-state index is -0.0516. The molecule has 26 heavy (non-hydrogen) atoms. The molecule has 1 aliphatic rings. The molecule has 0 bridgehead atoms. The van der Waals surface area contributed by atoms with Crippen molar-refractivity contribution in [3.63, 3.8) is 0 Å². The number of carbonyl (C=O) groups is 1. The predicted octanol–water partition coefficient (Wildman–Crippen LogP) is 2.44. The van der Waals surface area contributed by atoms with Gasteiger partial charge >= 0.3 is 0 Å². The fourth-order valence-electron chi connectivity index (χ4n) is 3.42. The molecular weight excluding hydrogens is 350 g/mol. The van der Waals surface area contributed by atoms with E-state index in [0.717, 1.165) is 42.0 Å². The van der Waals surface area contributed by atoms with E-state index in [0.29, 0.717) is 11.4 Å². The van der Waals surface area contributed by atoms with Crippen LogP contribution in [-0.2, 0) is 7.05 Å². The lowest BCUT2D eigenvalue weighted by Gasteiger charge is -2.32. The molecule has 3 aromatic rings. The van der Waals surface area contributed by atoms with E-state index < -0.39 is 0 Å². The summed E-state index contributed by atoms with van der Waals surface area (Å²) in [6, 6.07) is 5.72. The van der Waals surface area contributed by atoms with Gasteiger partial charge in [0.2, 0.25) is 5.88 Å². The van der Waals surface area contributed by atoms with Crippen molar-refractivity contribution in [1.82, 2.24) is 20.1 Å². The number of nitrogens with one attached hydrogen (secondary N) is 1. The molecule has 1 saturated heterocycles. The van der Waals surface area contributed by atoms with Crippen molar-refractivity contribution in [2.45, 2.75) is 18.9 Å². The highest BCUT2D eigenvalue weighted by molar-refractivity contribution is 7.13. The number of thiazole rings is 1. The number of aromatic nitrogens is 3. The molecule has 0 radical (unpaired) electrons. The van der Waals surface area contributed by atoms with E-state index >= 15 is 0 Å². The van der Waals surface area contributed by atoms with Crippen LogP contribution in [0.4, 0.5) is 5.13 Å². The average molecular weight is 371 g/mol. The second-order valence-electron chi connectivity index (χ2n) is 6.41. The Labute approximate surface area is 155 Å². The highest BCUT2D eigenvalue weighted by Gasteiger charge is 2.23. The normalized spacial score (nSPS) is 15.4. The number of hydrogen-bond donors (Lipinski definition) is 1. The van der Waals surface area contributed by atoms with Crippen LogP contribution in [0, 0.1) is 0 Å². The molecule has 1 aliphatic heterocycles. The largest absolute Gasteiger partial charge is 0.481 e. The topological polar surface area (TPSA) is 72.3 Å². The van der Waals surface area contributed by atoms with Gasteiger partial charge in [0.25, 0.3) is 5.91 Å². The van der Waals surface area contributed by atoms with E-state index in [1.807, 2.05) is 36.8 Å². The molecule has 0 saturated carbocycles. The van der Waals surface area contributed by atoms with E-state index in [1.54, 1.807) is 23.1 Å². The Morgan fingerprint density at radius 1 is 1.35 bits per heavy atom. The van der Waals surface area contributed by atoms with Crippen LogP contribution in [0.15, 0.2) is 29.8 Å². The summed E-state index contributed by atoms with van der Waals surface area (Å²) in [5.41, 5.74) is 1.39. The fourth-order valence-corrected chi connectivity index (χ4v) is 4.11. The summed E-state index contributed by atoms with van der Waals surface area (Å²) in [5, 5.41) is 11.5. The van der Waals surface area contributed by atoms with Gasteiger partial charge in [0.15, 0.2) is 5.13 Å². The zero-order chi connectivity index (χ0) is 18.1. The number of anilines is 1. The van der Waals surface area contributed by atoms with Gasteiger partial charge in [-0.3, -0.25) is 4.79 Å². The third kappa shape index (κ3) is 3.12. The molecule has 1 aromatic carbocycles. The highest BCUT2D eigenvalue weighted by Crippen LogP contribution is 2.26. The quantitative estimate of drug-likeness (QED) is 0.763. The summed E-state index contributed by atoms with van der Waals surface area (Å²) < 4.78 is 7.03. The molecule has 1 fully saturated rings. The Morgan fingerprint density at radius 3 is 2.85 bits per heavy atom. The van der Waals surface area contributed by atoms with Crippen molar-refractivity contribution in [2.24, 2.45) is 7.05 Å². The van der Waals surface area contributed by atoms with Gasteiger partial charge in [-0.15, -0.1) is 11.3 Å². The summed E-state index contributed by atoms with van der Waals surface area (Å²) in [5.74, 6) is 0.644. The number of carbonyl (C=O) groups excluding carboxylic acids is 1. The molecule has 4 rings (SSSR count). The lowest BCUT2D eigenvalue weighted by Crippen LogP contribution is -2.44. The van der Waals surface area contributed by atoms with Crippen molar-refractivity contribution < 1.29 is 9.53 Å². The zero-order valence-electron chi connectivity index (χ0n) is 14.8. The molecule has 7 nitrogen and oxygen atoms in total. The standard InChI is InChI=1S/C18H21N5O2S/c1-22-17(25-2)14-4-3-12(11-15(14)21-22)16(24)20-13-5-8-23(9-6-13)18-19-7-10-26-18/h3-4,7,10-11,13H,5-6,8-9H2,1-2H3,(H,20,24). The van der Waals surface area contributed by atoms with Gasteiger partial charge in [0.1, 0.15) is 0 Å². The molecule has 0 spiro atoms. The van der Waals surface area contributed by atoms with Gasteiger partial charge in [0, 0.05) is 43.3 Å². The Hall–Kier alpha value is -2.61. The van der Waals surface area contributed by atoms with Crippen LogP contribution in [0.25, 0.3) is 10.9 Å². The summed E-state index contributed by atoms with van der Waals surface area (Å²) in [6.45, 7) is 1.82. The first-order valence-electron chi connectivity index (χ1n) is 8.62. The summed E-state index contributed by atoms with van der Waals surface area (Å²) in [4.78, 5) is 19.3. The van der Waals surface area contributed by atoms with Crippen LogP contribution >= 0.6 is 11.3 Å². The maximum Gasteiger partial charge on any atom is 0.251 e. The number of amides is 1. The Kier molecular flexibility index (Phi) is 4.50. The monoisotopic (exact) mass is 371 g/mol. The lowest BCUT2D eigenvalue weighted by atomic mass is 10.0. The molecule has 1 amide bonds. The first kappa shape index (κ1) is 16.8. The minimum absolute atomic E-state index is 0.0516. The number of nitrogens with zero attached hydrogens (tertiary/aromatic N) is 4. The van der Waals surface area contributed by atoms with Crippen molar-refractivity contribution in [1.29, 1.82) is 0 Å². The number of hydrogen-bond acceptors (Lipinski definition) is 6. The summed E-state index contributed by atoms with van der Waals surface area (Å²) in [6.07, 6.45) is 3.67. The van der Waals surface area contributed by atoms with Gasteiger partial charge in [-0.05, 0) is 31.0 Å². The molecule has 136 valence electrons. The van der Waals surface area contributed by atoms with Crippen molar-refractivity contribution >= 4 is 33.3 Å². The van der Waals surface area contributed by atoms with Crippen molar-refractivity contribution in [3.8, 4) is 5.88 Å². The highest BCUT2D eigenvalue weighted by atomic mass is 32.1. The van der Waals surface area contributed by atoms with Gasteiger partial charge in [-0.1, -0.05) is 0 Å². The molecule has 8 heteroatoms. The second-order valence-corrected chi connectivity index (χ2v) is 7.29. The van der Waals surface area contributed by atoms with Gasteiger partial charge in [-0.25, -0.2) is 9.67 Å². The average Bonchev–Trinajstić information content (AvgIpc) is 3.28. The molecular formula is C18H21N5O2S. The summed E-state index contributed by atoms with van der Waals surface area (Å²) in [7, 11) is 3.45. The summed E-state index contributed by atoms with van der Waals surface area (Å²) >= 11 is 1.66. The maximum atomic E-state index is 12.6. The number of ether oxygens (including phenoxy) is 1. The Balaban J connectivity index is 1.41. The third-order valence-electron chi connectivity index (χ3n) is 4.76. The van der Waals surface area contributed by atoms with Gasteiger partial charge < -0.3 is 15.0 Å². The fraction of sp³-hybridized carbons (Fsp3) is 0.389. The first-order valence-corrected chi connectivity index (χ1v) is 9.49. The third-order valence-corrected chi connectivity index (χ3v) is 5.59. The van der Waals surface area contributed by atoms with E-state index in [2.05, 4.69) is 20.3 Å². The van der Waals surface area contributed by atoms with E-state index in [9.17, 15) is 4.79 Å². The molecule has 0 aliphatic carbocycles. The maximum absolute atomic E-state index is 12.6. The SMILES string of the molecule is COc1c2ccc(C(=O)NC3CCN(c4nccs4)CC3)cc2nn1C. The van der Waals surface area contributed by atoms with Gasteiger partial charge in [0.05, 0.1) is 18.0 Å². The van der Waals surface area contributed by atoms with Crippen LogP contribution in [0.1, 0.15) is 23.2 Å². The van der Waals surface area contributed by atoms with E-state index in [4.69, 9.17) is 4.74 Å². The number of methoxy groups -OCH3 is 1. The van der Waals surface area contributed by atoms with Crippen molar-refractivity contribution in [2.75, 3.05) is 25.1 Å². The van der Waals surface area contributed by atoms with Crippen LogP contribution in [0.5, 0.6) is 5.88 Å². The number of benzene rings is 1. The van der Waals surface area contributed by atoms with Crippen LogP contribution in [-0.4, -0.2) is 46.9 Å². The van der Waals surface area contributed by atoms with Crippen LogP contribution in [0.3, 0.4) is 0 Å². The van der Waals surface area contributed by atoms with Gasteiger partial charge in [-0.2, -0.15) is 5.10 Å². The number of aryl methyl sites for hydroxylation is 1. The molecule has 0 atom stereocenters. The van der Waals surface area contributed by atoms with E-state index in [-0.39, 0.29) is 11.9 Å². The molecule has 2 aromatic heterocycles. The van der Waals surface area contributed by atoms with Crippen LogP contribution in [0.2, 0.25) is 0 Å². The lowest BCUT2D eigenvalue weighted by molar-refractivity contribution is 0.0931. The number of fused-ring (bicyclic) bond motifs is 1. The smallest absolute Gasteiger partial charge is 0.251 e. The molecule has 3 heterocycles. The zero-order valence-corrected chi connectivity index (χ0v) is 15.6. The van der Waals surface area contributed by atoms with E-state index in [1.165, 1.54) is 0 Å².